The molecule has 0 aliphatic rings. The third kappa shape index (κ3) is 3.93. The number of aliphatic carboxylic acids is 1. The summed E-state index contributed by atoms with van der Waals surface area (Å²) in [5.74, 6) is -2.24. The molecule has 0 radical (unpaired) electrons. The summed E-state index contributed by atoms with van der Waals surface area (Å²) in [6.45, 7) is 0. The first-order chi connectivity index (χ1) is 8.54. The number of H-pyrrole nitrogens is 1. The van der Waals surface area contributed by atoms with Crippen molar-refractivity contribution in [1.29, 1.82) is 0 Å². The van der Waals surface area contributed by atoms with E-state index in [0.29, 0.717) is 0 Å². The Bertz CT molecular complexity index is 427. The molecule has 1 atom stereocenters. The predicted molar refractivity (Wildman–Crippen MR) is 60.9 cm³/mol. The van der Waals surface area contributed by atoms with Crippen molar-refractivity contribution in [2.24, 2.45) is 0 Å². The molecule has 0 saturated carbocycles. The molecule has 0 aliphatic carbocycles. The molecule has 98 valence electrons. The first-order valence-corrected chi connectivity index (χ1v) is 5.28. The minimum absolute atomic E-state index is 0.0194. The van der Waals surface area contributed by atoms with Crippen LogP contribution in [0.25, 0.3) is 0 Å². The minimum Gasteiger partial charge on any atom is -0.480 e. The van der Waals surface area contributed by atoms with Gasteiger partial charge in [-0.2, -0.15) is 0 Å². The van der Waals surface area contributed by atoms with Crippen LogP contribution in [0.2, 0.25) is 0 Å². The molecule has 1 amide bonds. The first-order valence-electron chi connectivity index (χ1n) is 5.28. The lowest BCUT2D eigenvalue weighted by molar-refractivity contribution is -0.142. The van der Waals surface area contributed by atoms with E-state index in [0.717, 1.165) is 0 Å². The Hall–Kier alpha value is -2.31. The summed E-state index contributed by atoms with van der Waals surface area (Å²) < 4.78 is 4.41. The SMILES string of the molecule is COC(=O)CC[C@@H](NC(=O)c1ccc[nH]1)C(=O)O. The second kappa shape index (κ2) is 6.43. The van der Waals surface area contributed by atoms with E-state index in [4.69, 9.17) is 5.11 Å². The number of carbonyl (C=O) groups is 3. The maximum atomic E-state index is 11.6. The maximum absolute atomic E-state index is 11.6. The smallest absolute Gasteiger partial charge is 0.326 e. The maximum Gasteiger partial charge on any atom is 0.326 e. The molecule has 0 fully saturated rings. The molecule has 1 heterocycles. The van der Waals surface area contributed by atoms with Crippen LogP contribution in [0.1, 0.15) is 23.3 Å². The molecule has 0 aromatic carbocycles. The number of hydrogen-bond donors (Lipinski definition) is 3. The summed E-state index contributed by atoms with van der Waals surface area (Å²) in [4.78, 5) is 36.1. The molecular weight excluding hydrogens is 240 g/mol. The van der Waals surface area contributed by atoms with Crippen LogP contribution in [-0.2, 0) is 14.3 Å². The first kappa shape index (κ1) is 13.8. The monoisotopic (exact) mass is 254 g/mol. The number of aromatic nitrogens is 1. The van der Waals surface area contributed by atoms with Gasteiger partial charge in [-0.3, -0.25) is 9.59 Å². The van der Waals surface area contributed by atoms with Crippen LogP contribution >= 0.6 is 0 Å². The molecule has 18 heavy (non-hydrogen) atoms. The van der Waals surface area contributed by atoms with E-state index in [2.05, 4.69) is 15.0 Å². The standard InChI is InChI=1S/C11H14N2O5/c1-18-9(14)5-4-8(11(16)17)13-10(15)7-3-2-6-12-7/h2-3,6,8,12H,4-5H2,1H3,(H,13,15)(H,16,17)/t8-/m1/s1. The summed E-state index contributed by atoms with van der Waals surface area (Å²) in [6.07, 6.45) is 1.46. The molecule has 0 unspecified atom stereocenters. The third-order valence-corrected chi connectivity index (χ3v) is 2.31. The normalized spacial score (nSPS) is 11.6. The number of carboxylic acid groups (broad SMARTS) is 1. The zero-order valence-electron chi connectivity index (χ0n) is 9.80. The Balaban J connectivity index is 2.55. The summed E-state index contributed by atoms with van der Waals surface area (Å²) >= 11 is 0. The van der Waals surface area contributed by atoms with Crippen molar-refractivity contribution in [1.82, 2.24) is 10.3 Å². The highest BCUT2D eigenvalue weighted by atomic mass is 16.5. The number of ether oxygens (including phenoxy) is 1. The second-order valence-corrected chi connectivity index (χ2v) is 3.56. The third-order valence-electron chi connectivity index (χ3n) is 2.31. The van der Waals surface area contributed by atoms with Gasteiger partial charge in [-0.25, -0.2) is 4.79 Å². The van der Waals surface area contributed by atoms with Crippen molar-refractivity contribution in [2.45, 2.75) is 18.9 Å². The number of carbonyl (C=O) groups excluding carboxylic acids is 2. The Kier molecular flexibility index (Phi) is 4.91. The fraction of sp³-hybridized carbons (Fsp3) is 0.364. The number of hydrogen-bond acceptors (Lipinski definition) is 4. The molecule has 7 heteroatoms. The molecular formula is C11H14N2O5. The van der Waals surface area contributed by atoms with Gasteiger partial charge in [0, 0.05) is 12.6 Å². The molecule has 1 aromatic rings. The van der Waals surface area contributed by atoms with E-state index in [-0.39, 0.29) is 18.5 Å². The van der Waals surface area contributed by atoms with Crippen molar-refractivity contribution < 1.29 is 24.2 Å². The van der Waals surface area contributed by atoms with Crippen molar-refractivity contribution in [2.75, 3.05) is 7.11 Å². The fourth-order valence-corrected chi connectivity index (χ4v) is 1.33. The van der Waals surface area contributed by atoms with Gasteiger partial charge in [0.25, 0.3) is 5.91 Å². The van der Waals surface area contributed by atoms with Gasteiger partial charge in [-0.05, 0) is 18.6 Å². The highest BCUT2D eigenvalue weighted by molar-refractivity contribution is 5.95. The predicted octanol–water partition coefficient (Wildman–Crippen LogP) is 0.151. The number of esters is 1. The molecule has 0 bridgehead atoms. The zero-order valence-corrected chi connectivity index (χ0v) is 9.80. The number of methoxy groups -OCH3 is 1. The summed E-state index contributed by atoms with van der Waals surface area (Å²) in [5.41, 5.74) is 0.263. The lowest BCUT2D eigenvalue weighted by atomic mass is 10.1. The largest absolute Gasteiger partial charge is 0.480 e. The van der Waals surface area contributed by atoms with Crippen LogP contribution in [0.15, 0.2) is 18.3 Å². The Labute approximate surface area is 103 Å². The van der Waals surface area contributed by atoms with E-state index < -0.39 is 23.9 Å². The van der Waals surface area contributed by atoms with Crippen molar-refractivity contribution in [3.05, 3.63) is 24.0 Å². The fourth-order valence-electron chi connectivity index (χ4n) is 1.33. The zero-order chi connectivity index (χ0) is 13.5. The van der Waals surface area contributed by atoms with Gasteiger partial charge >= 0.3 is 11.9 Å². The molecule has 0 aliphatic heterocycles. The number of rotatable bonds is 6. The van der Waals surface area contributed by atoms with Gasteiger partial charge in [0.2, 0.25) is 0 Å². The molecule has 3 N–H and O–H groups in total. The van der Waals surface area contributed by atoms with Crippen molar-refractivity contribution >= 4 is 17.8 Å². The Morgan fingerprint density at radius 2 is 2.22 bits per heavy atom. The van der Waals surface area contributed by atoms with E-state index in [9.17, 15) is 14.4 Å². The van der Waals surface area contributed by atoms with Crippen LogP contribution in [0.4, 0.5) is 0 Å². The minimum atomic E-state index is -1.20. The Morgan fingerprint density at radius 3 is 2.72 bits per heavy atom. The molecule has 1 aromatic heterocycles. The van der Waals surface area contributed by atoms with Gasteiger partial charge in [-0.1, -0.05) is 0 Å². The Morgan fingerprint density at radius 1 is 1.50 bits per heavy atom. The lowest BCUT2D eigenvalue weighted by Gasteiger charge is -2.13. The average molecular weight is 254 g/mol. The van der Waals surface area contributed by atoms with Crippen LogP contribution in [0, 0.1) is 0 Å². The van der Waals surface area contributed by atoms with Crippen LogP contribution in [-0.4, -0.2) is 41.1 Å². The molecule has 1 rings (SSSR count). The van der Waals surface area contributed by atoms with E-state index in [1.165, 1.54) is 13.2 Å². The summed E-state index contributed by atoms with van der Waals surface area (Å²) in [7, 11) is 1.22. The quantitative estimate of drug-likeness (QED) is 0.626. The van der Waals surface area contributed by atoms with Gasteiger partial charge < -0.3 is 20.1 Å². The van der Waals surface area contributed by atoms with Crippen molar-refractivity contribution in [3.8, 4) is 0 Å². The van der Waals surface area contributed by atoms with E-state index in [1.54, 1.807) is 12.3 Å². The van der Waals surface area contributed by atoms with Crippen molar-refractivity contribution in [3.63, 3.8) is 0 Å². The highest BCUT2D eigenvalue weighted by Gasteiger charge is 2.22. The summed E-state index contributed by atoms with van der Waals surface area (Å²) in [6, 6.07) is 2.02. The van der Waals surface area contributed by atoms with Crippen LogP contribution < -0.4 is 5.32 Å². The lowest BCUT2D eigenvalue weighted by Crippen LogP contribution is -2.41. The van der Waals surface area contributed by atoms with Gasteiger partial charge in [0.1, 0.15) is 11.7 Å². The van der Waals surface area contributed by atoms with E-state index in [1.807, 2.05) is 0 Å². The summed E-state index contributed by atoms with van der Waals surface area (Å²) in [5, 5.41) is 11.2. The van der Waals surface area contributed by atoms with Gasteiger partial charge in [0.15, 0.2) is 0 Å². The second-order valence-electron chi connectivity index (χ2n) is 3.56. The van der Waals surface area contributed by atoms with Crippen LogP contribution in [0.5, 0.6) is 0 Å². The number of nitrogens with one attached hydrogen (secondary N) is 2. The van der Waals surface area contributed by atoms with Crippen LogP contribution in [0.3, 0.4) is 0 Å². The molecule has 0 saturated heterocycles. The number of carboxylic acids is 1. The van der Waals surface area contributed by atoms with E-state index >= 15 is 0 Å². The number of amides is 1. The number of aromatic amines is 1. The molecule has 7 nitrogen and oxygen atoms in total. The highest BCUT2D eigenvalue weighted by Crippen LogP contribution is 2.02. The van der Waals surface area contributed by atoms with Gasteiger partial charge in [-0.15, -0.1) is 0 Å². The molecule has 0 spiro atoms. The van der Waals surface area contributed by atoms with Gasteiger partial charge in [0.05, 0.1) is 7.11 Å². The topological polar surface area (TPSA) is 108 Å². The average Bonchev–Trinajstić information content (AvgIpc) is 2.87.